The monoisotopic (exact) mass is 491 g/mol. The Bertz CT molecular complexity index is 1330. The number of halogens is 2. The molecule has 0 saturated heterocycles. The van der Waals surface area contributed by atoms with Crippen molar-refractivity contribution in [3.63, 3.8) is 0 Å². The molecule has 3 aromatic carbocycles. The molecule has 0 unspecified atom stereocenters. The average Bonchev–Trinajstić information content (AvgIpc) is 3.21. The molecule has 0 aliphatic heterocycles. The average molecular weight is 492 g/mol. The number of fused-ring (bicyclic) bond motifs is 1. The molecule has 1 N–H and O–H groups in total. The van der Waals surface area contributed by atoms with E-state index in [1.54, 1.807) is 36.4 Å². The number of carbonyl (C=O) groups excluding carboxylic acids is 1. The molecular weight excluding hydrogens is 477 g/mol. The van der Waals surface area contributed by atoms with Gasteiger partial charge in [0.05, 0.1) is 25.3 Å². The van der Waals surface area contributed by atoms with Gasteiger partial charge in [0.15, 0.2) is 5.13 Å². The Kier molecular flexibility index (Phi) is 5.90. The third-order valence-electron chi connectivity index (χ3n) is 4.56. The molecular formula is C21H15Cl2N3O3S2. The molecule has 0 aliphatic rings. The van der Waals surface area contributed by atoms with E-state index in [1.807, 2.05) is 6.07 Å². The van der Waals surface area contributed by atoms with Gasteiger partial charge in [0.1, 0.15) is 5.52 Å². The van der Waals surface area contributed by atoms with Crippen LogP contribution in [0.15, 0.2) is 71.6 Å². The molecule has 6 nitrogen and oxygen atoms in total. The first-order chi connectivity index (χ1) is 14.8. The second-order valence-corrected chi connectivity index (χ2v) is 10.3. The number of amides is 1. The fourth-order valence-electron chi connectivity index (χ4n) is 2.88. The van der Waals surface area contributed by atoms with Crippen molar-refractivity contribution in [1.82, 2.24) is 4.98 Å². The van der Waals surface area contributed by atoms with E-state index in [0.29, 0.717) is 31.1 Å². The van der Waals surface area contributed by atoms with Crippen LogP contribution in [0.4, 0.5) is 10.8 Å². The summed E-state index contributed by atoms with van der Waals surface area (Å²) in [6, 6.07) is 17.8. The number of nitrogens with one attached hydrogen (secondary N) is 1. The standard InChI is InChI=1S/C21H15Cl2N3O3S2/c1-26(14-5-3-2-4-6-14)31(28,29)15-9-7-13(8-10-15)20(27)25-21-24-18-16(22)11-12-17(23)19(18)30-21/h2-12H,1H3,(H,24,25,27). The SMILES string of the molecule is CN(c1ccccc1)S(=O)(=O)c1ccc(C(=O)Nc2nc3c(Cl)ccc(Cl)c3s2)cc1. The normalized spacial score (nSPS) is 11.5. The highest BCUT2D eigenvalue weighted by molar-refractivity contribution is 7.92. The Hall–Kier alpha value is -2.65. The lowest BCUT2D eigenvalue weighted by Gasteiger charge is -2.19. The zero-order valence-corrected chi connectivity index (χ0v) is 19.2. The molecule has 0 atom stereocenters. The van der Waals surface area contributed by atoms with Crippen molar-refractivity contribution < 1.29 is 13.2 Å². The molecule has 4 aromatic rings. The Morgan fingerprint density at radius 1 is 0.968 bits per heavy atom. The van der Waals surface area contributed by atoms with Crippen LogP contribution in [-0.4, -0.2) is 26.4 Å². The van der Waals surface area contributed by atoms with Crippen LogP contribution in [-0.2, 0) is 10.0 Å². The number of hydrogen-bond donors (Lipinski definition) is 1. The molecule has 10 heteroatoms. The second kappa shape index (κ2) is 8.47. The summed E-state index contributed by atoms with van der Waals surface area (Å²) in [5.74, 6) is -0.424. The van der Waals surface area contributed by atoms with E-state index in [0.717, 1.165) is 0 Å². The van der Waals surface area contributed by atoms with E-state index in [9.17, 15) is 13.2 Å². The van der Waals surface area contributed by atoms with E-state index >= 15 is 0 Å². The van der Waals surface area contributed by atoms with Gasteiger partial charge in [0.25, 0.3) is 15.9 Å². The number of benzene rings is 3. The summed E-state index contributed by atoms with van der Waals surface area (Å²) in [6.45, 7) is 0. The van der Waals surface area contributed by atoms with Crippen LogP contribution < -0.4 is 9.62 Å². The van der Waals surface area contributed by atoms with Gasteiger partial charge in [-0.3, -0.25) is 14.4 Å². The summed E-state index contributed by atoms with van der Waals surface area (Å²) in [4.78, 5) is 17.0. The molecule has 31 heavy (non-hydrogen) atoms. The zero-order chi connectivity index (χ0) is 22.2. The lowest BCUT2D eigenvalue weighted by atomic mass is 10.2. The maximum Gasteiger partial charge on any atom is 0.264 e. The maximum absolute atomic E-state index is 12.9. The Labute approximate surface area is 193 Å². The minimum absolute atomic E-state index is 0.0777. The number of para-hydroxylation sites is 1. The van der Waals surface area contributed by atoms with Crippen LogP contribution in [0.3, 0.4) is 0 Å². The zero-order valence-electron chi connectivity index (χ0n) is 16.0. The first-order valence-electron chi connectivity index (χ1n) is 8.97. The Morgan fingerprint density at radius 2 is 1.61 bits per heavy atom. The number of anilines is 2. The summed E-state index contributed by atoms with van der Waals surface area (Å²) in [5.41, 5.74) is 1.34. The van der Waals surface area contributed by atoms with Gasteiger partial charge in [-0.15, -0.1) is 0 Å². The number of carbonyl (C=O) groups is 1. The van der Waals surface area contributed by atoms with Crippen molar-refractivity contribution in [2.24, 2.45) is 0 Å². The first kappa shape index (κ1) is 21.6. The van der Waals surface area contributed by atoms with Crippen LogP contribution in [0.25, 0.3) is 10.2 Å². The van der Waals surface area contributed by atoms with Gasteiger partial charge in [-0.2, -0.15) is 0 Å². The molecule has 4 rings (SSSR count). The van der Waals surface area contributed by atoms with Gasteiger partial charge < -0.3 is 0 Å². The fourth-order valence-corrected chi connectivity index (χ4v) is 5.49. The van der Waals surface area contributed by atoms with E-state index in [4.69, 9.17) is 23.2 Å². The van der Waals surface area contributed by atoms with E-state index < -0.39 is 15.9 Å². The number of sulfonamides is 1. The number of thiazole rings is 1. The predicted molar refractivity (Wildman–Crippen MR) is 126 cm³/mol. The minimum atomic E-state index is -3.76. The van der Waals surface area contributed by atoms with Crippen LogP contribution in [0, 0.1) is 0 Å². The number of aromatic nitrogens is 1. The molecule has 1 aromatic heterocycles. The molecule has 0 spiro atoms. The largest absolute Gasteiger partial charge is 0.298 e. The number of rotatable bonds is 5. The summed E-state index contributed by atoms with van der Waals surface area (Å²) in [7, 11) is -2.28. The van der Waals surface area contributed by atoms with Crippen LogP contribution in [0.5, 0.6) is 0 Å². The van der Waals surface area contributed by atoms with E-state index in [1.165, 1.54) is 47.0 Å². The Balaban J connectivity index is 1.55. The smallest absolute Gasteiger partial charge is 0.264 e. The van der Waals surface area contributed by atoms with E-state index in [-0.39, 0.29) is 10.5 Å². The molecule has 0 radical (unpaired) electrons. The van der Waals surface area contributed by atoms with Crippen molar-refractivity contribution in [3.8, 4) is 0 Å². The highest BCUT2D eigenvalue weighted by Crippen LogP contribution is 2.36. The second-order valence-electron chi connectivity index (χ2n) is 6.51. The molecule has 0 aliphatic carbocycles. The molecule has 0 fully saturated rings. The van der Waals surface area contributed by atoms with Gasteiger partial charge >= 0.3 is 0 Å². The van der Waals surface area contributed by atoms with Crippen molar-refractivity contribution >= 4 is 71.5 Å². The topological polar surface area (TPSA) is 79.4 Å². The van der Waals surface area contributed by atoms with Gasteiger partial charge in [0.2, 0.25) is 0 Å². The summed E-state index contributed by atoms with van der Waals surface area (Å²) in [6.07, 6.45) is 0. The highest BCUT2D eigenvalue weighted by Gasteiger charge is 2.22. The van der Waals surface area contributed by atoms with Crippen molar-refractivity contribution in [2.45, 2.75) is 4.90 Å². The molecule has 1 heterocycles. The quantitative estimate of drug-likeness (QED) is 0.389. The van der Waals surface area contributed by atoms with E-state index in [2.05, 4.69) is 10.3 Å². The van der Waals surface area contributed by atoms with Crippen LogP contribution in [0.2, 0.25) is 10.0 Å². The van der Waals surface area contributed by atoms with Gasteiger partial charge in [-0.05, 0) is 48.5 Å². The predicted octanol–water partition coefficient (Wildman–Crippen LogP) is 5.68. The van der Waals surface area contributed by atoms with Gasteiger partial charge in [-0.25, -0.2) is 13.4 Å². The maximum atomic E-state index is 12.9. The molecule has 1 amide bonds. The molecule has 0 bridgehead atoms. The minimum Gasteiger partial charge on any atom is -0.298 e. The number of nitrogens with zero attached hydrogens (tertiary/aromatic N) is 2. The first-order valence-corrected chi connectivity index (χ1v) is 12.0. The summed E-state index contributed by atoms with van der Waals surface area (Å²) in [5, 5.41) is 3.98. The van der Waals surface area contributed by atoms with Gasteiger partial charge in [0, 0.05) is 12.6 Å². The third kappa shape index (κ3) is 4.24. The van der Waals surface area contributed by atoms with Gasteiger partial charge in [-0.1, -0.05) is 52.7 Å². The third-order valence-corrected chi connectivity index (χ3v) is 8.10. The van der Waals surface area contributed by atoms with Crippen molar-refractivity contribution in [1.29, 1.82) is 0 Å². The highest BCUT2D eigenvalue weighted by atomic mass is 35.5. The molecule has 0 saturated carbocycles. The lowest BCUT2D eigenvalue weighted by molar-refractivity contribution is 0.102. The molecule has 158 valence electrons. The summed E-state index contributed by atoms with van der Waals surface area (Å²) < 4.78 is 27.6. The number of hydrogen-bond acceptors (Lipinski definition) is 5. The van der Waals surface area contributed by atoms with Crippen LogP contribution in [0.1, 0.15) is 10.4 Å². The summed E-state index contributed by atoms with van der Waals surface area (Å²) >= 11 is 13.5. The lowest BCUT2D eigenvalue weighted by Crippen LogP contribution is -2.26. The van der Waals surface area contributed by atoms with Crippen molar-refractivity contribution in [2.75, 3.05) is 16.7 Å². The fraction of sp³-hybridized carbons (Fsp3) is 0.0476. The Morgan fingerprint density at radius 3 is 2.26 bits per heavy atom. The van der Waals surface area contributed by atoms with Crippen LogP contribution >= 0.6 is 34.5 Å². The van der Waals surface area contributed by atoms with Crippen molar-refractivity contribution in [3.05, 3.63) is 82.3 Å².